The van der Waals surface area contributed by atoms with Crippen molar-refractivity contribution in [2.24, 2.45) is 5.92 Å². The van der Waals surface area contributed by atoms with Gasteiger partial charge in [0.1, 0.15) is 5.69 Å². The van der Waals surface area contributed by atoms with Gasteiger partial charge in [-0.2, -0.15) is 0 Å². The van der Waals surface area contributed by atoms with Crippen LogP contribution in [-0.2, 0) is 16.1 Å². The topological polar surface area (TPSA) is 91.5 Å². The molecule has 3 rings (SSSR count). The number of likely N-dealkylation sites (tertiary alicyclic amines) is 1. The van der Waals surface area contributed by atoms with E-state index in [1.165, 1.54) is 7.11 Å². The number of amides is 2. The molecule has 2 N–H and O–H groups in total. The van der Waals surface area contributed by atoms with Crippen molar-refractivity contribution < 1.29 is 19.1 Å². The van der Waals surface area contributed by atoms with Crippen LogP contribution >= 0.6 is 0 Å². The van der Waals surface area contributed by atoms with E-state index in [-0.39, 0.29) is 17.7 Å². The highest BCUT2D eigenvalue weighted by atomic mass is 16.5. The molecule has 1 atom stereocenters. The Morgan fingerprint density at radius 2 is 1.93 bits per heavy atom. The van der Waals surface area contributed by atoms with Crippen molar-refractivity contribution >= 4 is 17.8 Å². The smallest absolute Gasteiger partial charge is 0.339 e. The maximum absolute atomic E-state index is 13.1. The van der Waals surface area contributed by atoms with Crippen LogP contribution in [0.2, 0.25) is 0 Å². The molecule has 0 unspecified atom stereocenters. The van der Waals surface area contributed by atoms with Crippen molar-refractivity contribution in [2.75, 3.05) is 20.2 Å². The number of esters is 1. The van der Waals surface area contributed by atoms with E-state index in [9.17, 15) is 14.4 Å². The summed E-state index contributed by atoms with van der Waals surface area (Å²) in [6.07, 6.45) is 1.51. The van der Waals surface area contributed by atoms with E-state index in [1.54, 1.807) is 18.7 Å². The first-order valence-corrected chi connectivity index (χ1v) is 9.80. The van der Waals surface area contributed by atoms with Crippen LogP contribution < -0.4 is 5.32 Å². The van der Waals surface area contributed by atoms with Crippen molar-refractivity contribution in [3.05, 3.63) is 58.4 Å². The van der Waals surface area contributed by atoms with Gasteiger partial charge >= 0.3 is 5.97 Å². The summed E-state index contributed by atoms with van der Waals surface area (Å²) in [5.74, 6) is -0.942. The first-order chi connectivity index (χ1) is 13.9. The molecule has 1 saturated heterocycles. The van der Waals surface area contributed by atoms with Crippen molar-refractivity contribution in [3.8, 4) is 0 Å². The molecule has 29 heavy (non-hydrogen) atoms. The summed E-state index contributed by atoms with van der Waals surface area (Å²) in [6.45, 7) is 4.90. The zero-order valence-electron chi connectivity index (χ0n) is 17.1. The normalized spacial score (nSPS) is 16.4. The molecule has 0 bridgehead atoms. The molecule has 7 nitrogen and oxygen atoms in total. The molecule has 1 aromatic heterocycles. The van der Waals surface area contributed by atoms with Crippen molar-refractivity contribution in [3.63, 3.8) is 0 Å². The van der Waals surface area contributed by atoms with E-state index in [4.69, 9.17) is 4.74 Å². The molecule has 2 amide bonds. The Kier molecular flexibility index (Phi) is 6.36. The molecule has 1 aliphatic rings. The second kappa shape index (κ2) is 8.94. The largest absolute Gasteiger partial charge is 0.465 e. The number of carbonyl (C=O) groups is 3. The lowest BCUT2D eigenvalue weighted by molar-refractivity contribution is -0.126. The zero-order valence-corrected chi connectivity index (χ0v) is 17.1. The van der Waals surface area contributed by atoms with Gasteiger partial charge in [0.25, 0.3) is 5.91 Å². The molecule has 2 aromatic rings. The predicted molar refractivity (Wildman–Crippen MR) is 109 cm³/mol. The van der Waals surface area contributed by atoms with Gasteiger partial charge in [0.05, 0.1) is 18.6 Å². The number of aryl methyl sites for hydroxylation is 1. The van der Waals surface area contributed by atoms with Crippen molar-refractivity contribution in [1.29, 1.82) is 0 Å². The minimum atomic E-state index is -0.466. The van der Waals surface area contributed by atoms with Crippen molar-refractivity contribution in [2.45, 2.75) is 33.2 Å². The van der Waals surface area contributed by atoms with Crippen LogP contribution in [0.3, 0.4) is 0 Å². The molecule has 0 radical (unpaired) electrons. The average Bonchev–Trinajstić information content (AvgIpc) is 3.05. The molecular formula is C22H27N3O4. The number of benzene rings is 1. The fourth-order valence-corrected chi connectivity index (χ4v) is 3.84. The molecule has 1 aromatic carbocycles. The zero-order chi connectivity index (χ0) is 21.0. The van der Waals surface area contributed by atoms with Crippen molar-refractivity contribution in [1.82, 2.24) is 15.2 Å². The number of methoxy groups -OCH3 is 1. The van der Waals surface area contributed by atoms with Gasteiger partial charge in [0.15, 0.2) is 0 Å². The Morgan fingerprint density at radius 1 is 1.21 bits per heavy atom. The lowest BCUT2D eigenvalue weighted by Gasteiger charge is -2.32. The second-order valence-electron chi connectivity index (χ2n) is 7.41. The van der Waals surface area contributed by atoms with Gasteiger partial charge < -0.3 is 19.9 Å². The first kappa shape index (κ1) is 20.6. The number of piperidine rings is 1. The van der Waals surface area contributed by atoms with E-state index in [1.807, 2.05) is 30.3 Å². The molecular weight excluding hydrogens is 370 g/mol. The summed E-state index contributed by atoms with van der Waals surface area (Å²) in [6, 6.07) is 9.74. The van der Waals surface area contributed by atoms with Crippen LogP contribution in [0.15, 0.2) is 30.3 Å². The Hall–Kier alpha value is -3.09. The quantitative estimate of drug-likeness (QED) is 0.759. The van der Waals surface area contributed by atoms with Gasteiger partial charge in [0, 0.05) is 25.3 Å². The number of rotatable bonds is 5. The molecule has 2 heterocycles. The van der Waals surface area contributed by atoms with Crippen LogP contribution in [0.1, 0.15) is 50.5 Å². The third-order valence-electron chi connectivity index (χ3n) is 5.43. The monoisotopic (exact) mass is 397 g/mol. The first-order valence-electron chi connectivity index (χ1n) is 9.80. The van der Waals surface area contributed by atoms with Gasteiger partial charge in [-0.05, 0) is 37.8 Å². The molecule has 0 spiro atoms. The van der Waals surface area contributed by atoms with Gasteiger partial charge in [-0.25, -0.2) is 4.79 Å². The number of nitrogens with zero attached hydrogens (tertiary/aromatic N) is 1. The number of hydrogen-bond donors (Lipinski definition) is 2. The standard InChI is InChI=1S/C22H27N3O4/c1-14-18(22(28)29-3)15(2)24-19(14)21(27)25-11-7-10-17(13-25)20(26)23-12-16-8-5-4-6-9-16/h4-6,8-9,17,24H,7,10-13H2,1-3H3,(H,23,26)/t17-/m0/s1. The number of nitrogens with one attached hydrogen (secondary N) is 2. The molecule has 0 saturated carbocycles. The number of H-pyrrole nitrogens is 1. The Labute approximate surface area is 170 Å². The highest BCUT2D eigenvalue weighted by molar-refractivity contribution is 6.00. The average molecular weight is 397 g/mol. The summed E-state index contributed by atoms with van der Waals surface area (Å²) in [5.41, 5.74) is 3.00. The maximum Gasteiger partial charge on any atom is 0.339 e. The highest BCUT2D eigenvalue weighted by Gasteiger charge is 2.31. The van der Waals surface area contributed by atoms with E-state index in [0.29, 0.717) is 42.1 Å². The Balaban J connectivity index is 1.66. The fourth-order valence-electron chi connectivity index (χ4n) is 3.84. The Bertz CT molecular complexity index is 904. The summed E-state index contributed by atoms with van der Waals surface area (Å²) in [4.78, 5) is 42.4. The minimum Gasteiger partial charge on any atom is -0.465 e. The highest BCUT2D eigenvalue weighted by Crippen LogP contribution is 2.23. The number of aromatic nitrogens is 1. The van der Waals surface area contributed by atoms with Crippen LogP contribution in [0.25, 0.3) is 0 Å². The van der Waals surface area contributed by atoms with Crippen LogP contribution in [0, 0.1) is 19.8 Å². The summed E-state index contributed by atoms with van der Waals surface area (Å²) >= 11 is 0. The van der Waals surface area contributed by atoms with E-state index < -0.39 is 5.97 Å². The fraction of sp³-hybridized carbons (Fsp3) is 0.409. The molecule has 7 heteroatoms. The predicted octanol–water partition coefficient (Wildman–Crippen LogP) is 2.59. The maximum atomic E-state index is 13.1. The number of ether oxygens (including phenoxy) is 1. The third kappa shape index (κ3) is 4.50. The molecule has 154 valence electrons. The van der Waals surface area contributed by atoms with Gasteiger partial charge in [0.2, 0.25) is 5.91 Å². The molecule has 0 aliphatic carbocycles. The summed E-state index contributed by atoms with van der Waals surface area (Å²) in [7, 11) is 1.32. The molecule has 1 fully saturated rings. The SMILES string of the molecule is COC(=O)c1c(C)[nH]c(C(=O)N2CCC[C@H](C(=O)NCc3ccccc3)C2)c1C. The lowest BCUT2D eigenvalue weighted by atomic mass is 9.96. The minimum absolute atomic E-state index is 0.0407. The number of aromatic amines is 1. The summed E-state index contributed by atoms with van der Waals surface area (Å²) in [5, 5.41) is 2.97. The van der Waals surface area contributed by atoms with Crippen LogP contribution in [-0.4, -0.2) is 47.9 Å². The van der Waals surface area contributed by atoms with Crippen LogP contribution in [0.5, 0.6) is 0 Å². The molecule has 1 aliphatic heterocycles. The summed E-state index contributed by atoms with van der Waals surface area (Å²) < 4.78 is 4.81. The third-order valence-corrected chi connectivity index (χ3v) is 5.43. The number of hydrogen-bond acceptors (Lipinski definition) is 4. The second-order valence-corrected chi connectivity index (χ2v) is 7.41. The number of carbonyl (C=O) groups excluding carboxylic acids is 3. The van der Waals surface area contributed by atoms with Gasteiger partial charge in [-0.15, -0.1) is 0 Å². The Morgan fingerprint density at radius 3 is 2.62 bits per heavy atom. The lowest BCUT2D eigenvalue weighted by Crippen LogP contribution is -2.45. The van der Waals surface area contributed by atoms with Crippen LogP contribution in [0.4, 0.5) is 0 Å². The van der Waals surface area contributed by atoms with Gasteiger partial charge in [-0.1, -0.05) is 30.3 Å². The van der Waals surface area contributed by atoms with E-state index in [2.05, 4.69) is 10.3 Å². The van der Waals surface area contributed by atoms with E-state index >= 15 is 0 Å². The van der Waals surface area contributed by atoms with Gasteiger partial charge in [-0.3, -0.25) is 9.59 Å². The van der Waals surface area contributed by atoms with E-state index in [0.717, 1.165) is 18.4 Å².